The molecule has 0 heterocycles. The molecular formula is C48H94NO8P. The van der Waals surface area contributed by atoms with Crippen molar-refractivity contribution >= 4 is 19.8 Å². The van der Waals surface area contributed by atoms with Crippen LogP contribution in [0.1, 0.15) is 232 Å². The average molecular weight is 844 g/mol. The number of carbonyl (C=O) groups is 2. The SMILES string of the molecule is CCCCCCC/C=C/CCCCCCCC(=O)OC[C@H](COP(=O)([O-])OCC[N+](C)(C)C)OC(=O)CCCCCCCCCCCCCCCCCCCCCC. The minimum absolute atomic E-state index is 0.0287. The fourth-order valence-corrected chi connectivity index (χ4v) is 7.67. The lowest BCUT2D eigenvalue weighted by molar-refractivity contribution is -0.870. The lowest BCUT2D eigenvalue weighted by atomic mass is 10.0. The summed E-state index contributed by atoms with van der Waals surface area (Å²) in [6.07, 6.45) is 43.8. The van der Waals surface area contributed by atoms with Gasteiger partial charge in [0.15, 0.2) is 6.10 Å². The molecule has 344 valence electrons. The van der Waals surface area contributed by atoms with Crippen LogP contribution in [0.25, 0.3) is 0 Å². The number of hydrogen-bond acceptors (Lipinski definition) is 8. The van der Waals surface area contributed by atoms with Crippen LogP contribution in [-0.2, 0) is 32.7 Å². The largest absolute Gasteiger partial charge is 0.756 e. The Morgan fingerprint density at radius 2 is 0.879 bits per heavy atom. The van der Waals surface area contributed by atoms with Crippen LogP contribution in [0, 0.1) is 0 Å². The minimum Gasteiger partial charge on any atom is -0.756 e. The van der Waals surface area contributed by atoms with Gasteiger partial charge in [-0.2, -0.15) is 0 Å². The maximum Gasteiger partial charge on any atom is 0.306 e. The van der Waals surface area contributed by atoms with Crippen LogP contribution < -0.4 is 4.89 Å². The van der Waals surface area contributed by atoms with Gasteiger partial charge in [-0.1, -0.05) is 193 Å². The Kier molecular flexibility index (Phi) is 40.2. The van der Waals surface area contributed by atoms with Crippen molar-refractivity contribution in [3.05, 3.63) is 12.2 Å². The van der Waals surface area contributed by atoms with E-state index < -0.39 is 26.5 Å². The van der Waals surface area contributed by atoms with Crippen LogP contribution in [0.15, 0.2) is 12.2 Å². The van der Waals surface area contributed by atoms with E-state index in [9.17, 15) is 19.0 Å². The first kappa shape index (κ1) is 56.8. The number of nitrogens with zero attached hydrogens (tertiary/aromatic N) is 1. The van der Waals surface area contributed by atoms with E-state index in [0.29, 0.717) is 17.4 Å². The van der Waals surface area contributed by atoms with Gasteiger partial charge in [-0.3, -0.25) is 14.2 Å². The van der Waals surface area contributed by atoms with Crippen molar-refractivity contribution in [1.29, 1.82) is 0 Å². The topological polar surface area (TPSA) is 111 Å². The molecule has 0 amide bonds. The van der Waals surface area contributed by atoms with Crippen LogP contribution in [0.3, 0.4) is 0 Å². The Bertz CT molecular complexity index is 1000. The fourth-order valence-electron chi connectivity index (χ4n) is 6.95. The zero-order valence-corrected chi connectivity index (χ0v) is 39.7. The molecule has 0 aliphatic carbocycles. The van der Waals surface area contributed by atoms with Crippen molar-refractivity contribution in [3.8, 4) is 0 Å². The first-order chi connectivity index (χ1) is 28.0. The van der Waals surface area contributed by atoms with Gasteiger partial charge in [-0.25, -0.2) is 0 Å². The van der Waals surface area contributed by atoms with Gasteiger partial charge >= 0.3 is 11.9 Å². The number of phosphoric ester groups is 1. The Balaban J connectivity index is 4.24. The lowest BCUT2D eigenvalue weighted by Crippen LogP contribution is -2.37. The number of carbonyl (C=O) groups excluding carboxylic acids is 2. The van der Waals surface area contributed by atoms with Gasteiger partial charge in [0, 0.05) is 12.8 Å². The van der Waals surface area contributed by atoms with Crippen molar-refractivity contribution in [2.75, 3.05) is 47.5 Å². The molecule has 2 atom stereocenters. The standard InChI is InChI=1S/C48H94NO8P/c1-6-8-10-12-14-16-18-20-22-23-24-25-26-27-29-31-33-35-37-39-41-48(51)57-46(45-56-58(52,53)55-43-42-49(3,4)5)44-54-47(50)40-38-36-34-32-30-28-21-19-17-15-13-11-9-7-2/h19,21,46H,6-18,20,22-45H2,1-5H3/b21-19+/t46-/m1/s1. The predicted octanol–water partition coefficient (Wildman–Crippen LogP) is 13.5. The average Bonchev–Trinajstić information content (AvgIpc) is 3.17. The van der Waals surface area contributed by atoms with Gasteiger partial charge in [-0.05, 0) is 38.5 Å². The van der Waals surface area contributed by atoms with E-state index in [0.717, 1.165) is 51.4 Å². The number of hydrogen-bond donors (Lipinski definition) is 0. The van der Waals surface area contributed by atoms with Crippen molar-refractivity contribution in [1.82, 2.24) is 0 Å². The number of rotatable bonds is 45. The molecule has 0 radical (unpaired) electrons. The molecular weight excluding hydrogens is 750 g/mol. The molecule has 0 bridgehead atoms. The lowest BCUT2D eigenvalue weighted by Gasteiger charge is -2.28. The van der Waals surface area contributed by atoms with E-state index in [2.05, 4.69) is 26.0 Å². The molecule has 58 heavy (non-hydrogen) atoms. The van der Waals surface area contributed by atoms with Crippen molar-refractivity contribution < 1.29 is 42.1 Å². The minimum atomic E-state index is -4.62. The number of unbranched alkanes of at least 4 members (excludes halogenated alkanes) is 29. The number of likely N-dealkylation sites (N-methyl/N-ethyl adjacent to an activating group) is 1. The molecule has 0 spiro atoms. The van der Waals surface area contributed by atoms with E-state index in [1.165, 1.54) is 148 Å². The third-order valence-electron chi connectivity index (χ3n) is 10.8. The Labute approximate surface area is 358 Å². The normalized spacial score (nSPS) is 13.6. The molecule has 1 unspecified atom stereocenters. The third kappa shape index (κ3) is 44.3. The highest BCUT2D eigenvalue weighted by molar-refractivity contribution is 7.45. The summed E-state index contributed by atoms with van der Waals surface area (Å²) in [6, 6.07) is 0. The summed E-state index contributed by atoms with van der Waals surface area (Å²) in [5.41, 5.74) is 0. The summed E-state index contributed by atoms with van der Waals surface area (Å²) in [5.74, 6) is -0.831. The summed E-state index contributed by atoms with van der Waals surface area (Å²) >= 11 is 0. The van der Waals surface area contributed by atoms with Crippen LogP contribution in [0.5, 0.6) is 0 Å². The maximum atomic E-state index is 12.7. The van der Waals surface area contributed by atoms with Crippen molar-refractivity contribution in [2.24, 2.45) is 0 Å². The molecule has 0 N–H and O–H groups in total. The van der Waals surface area contributed by atoms with Gasteiger partial charge < -0.3 is 27.9 Å². The zero-order chi connectivity index (χ0) is 42.8. The van der Waals surface area contributed by atoms with E-state index in [1.807, 2.05) is 21.1 Å². The number of ether oxygens (including phenoxy) is 2. The van der Waals surface area contributed by atoms with Crippen molar-refractivity contribution in [2.45, 2.75) is 238 Å². The summed E-state index contributed by atoms with van der Waals surface area (Å²) in [4.78, 5) is 37.6. The highest BCUT2D eigenvalue weighted by Crippen LogP contribution is 2.38. The molecule has 0 aromatic rings. The zero-order valence-electron chi connectivity index (χ0n) is 38.8. The number of quaternary nitrogens is 1. The summed E-state index contributed by atoms with van der Waals surface area (Å²) in [5, 5.41) is 0. The first-order valence-electron chi connectivity index (χ1n) is 24.4. The fraction of sp³-hybridized carbons (Fsp3) is 0.917. The van der Waals surface area contributed by atoms with Gasteiger partial charge in [0.05, 0.1) is 27.7 Å². The monoisotopic (exact) mass is 844 g/mol. The highest BCUT2D eigenvalue weighted by atomic mass is 31.2. The Morgan fingerprint density at radius 3 is 1.28 bits per heavy atom. The first-order valence-corrected chi connectivity index (χ1v) is 25.9. The summed E-state index contributed by atoms with van der Waals surface area (Å²) in [7, 11) is 1.17. The number of esters is 2. The molecule has 0 saturated heterocycles. The second kappa shape index (κ2) is 41.1. The second-order valence-electron chi connectivity index (χ2n) is 17.8. The van der Waals surface area contributed by atoms with Crippen LogP contribution in [0.2, 0.25) is 0 Å². The highest BCUT2D eigenvalue weighted by Gasteiger charge is 2.21. The van der Waals surface area contributed by atoms with Crippen molar-refractivity contribution in [3.63, 3.8) is 0 Å². The number of phosphoric acid groups is 1. The van der Waals surface area contributed by atoms with Crippen LogP contribution >= 0.6 is 7.82 Å². The Morgan fingerprint density at radius 1 is 0.517 bits per heavy atom. The molecule has 0 aromatic heterocycles. The van der Waals surface area contributed by atoms with Gasteiger partial charge in [-0.15, -0.1) is 0 Å². The summed E-state index contributed by atoms with van der Waals surface area (Å²) < 4.78 is 34.0. The third-order valence-corrected chi connectivity index (χ3v) is 11.7. The second-order valence-corrected chi connectivity index (χ2v) is 19.2. The van der Waals surface area contributed by atoms with Gasteiger partial charge in [0.25, 0.3) is 7.82 Å². The smallest absolute Gasteiger partial charge is 0.306 e. The van der Waals surface area contributed by atoms with E-state index in [1.54, 1.807) is 0 Å². The maximum absolute atomic E-state index is 12.7. The summed E-state index contributed by atoms with van der Waals surface area (Å²) in [6.45, 7) is 4.25. The molecule has 10 heteroatoms. The molecule has 0 aromatic carbocycles. The Hall–Kier alpha value is -1.25. The van der Waals surface area contributed by atoms with Gasteiger partial charge in [0.1, 0.15) is 19.8 Å². The molecule has 0 saturated carbocycles. The van der Waals surface area contributed by atoms with Crippen LogP contribution in [0.4, 0.5) is 0 Å². The van der Waals surface area contributed by atoms with E-state index in [-0.39, 0.29) is 32.0 Å². The van der Waals surface area contributed by atoms with Gasteiger partial charge in [0.2, 0.25) is 0 Å². The van der Waals surface area contributed by atoms with E-state index in [4.69, 9.17) is 18.5 Å². The molecule has 0 rings (SSSR count). The molecule has 0 aliphatic heterocycles. The molecule has 9 nitrogen and oxygen atoms in total. The van der Waals surface area contributed by atoms with E-state index >= 15 is 0 Å². The quantitative estimate of drug-likeness (QED) is 0.0196. The number of allylic oxidation sites excluding steroid dienone is 2. The molecule has 0 aliphatic rings. The molecule has 0 fully saturated rings. The van der Waals surface area contributed by atoms with Crippen LogP contribution in [-0.4, -0.2) is 70.0 Å². The predicted molar refractivity (Wildman–Crippen MR) is 241 cm³/mol.